The molecule has 0 bridgehead atoms. The van der Waals surface area contributed by atoms with Gasteiger partial charge in [-0.15, -0.1) is 0 Å². The van der Waals surface area contributed by atoms with E-state index < -0.39 is 0 Å². The minimum absolute atomic E-state index is 0.0260. The number of benzene rings is 2. The molecule has 3 N–H and O–H groups in total. The van der Waals surface area contributed by atoms with Crippen LogP contribution in [0.3, 0.4) is 0 Å². The van der Waals surface area contributed by atoms with Crippen molar-refractivity contribution >= 4 is 17.3 Å². The predicted molar refractivity (Wildman–Crippen MR) is 83.8 cm³/mol. The molecule has 0 unspecified atom stereocenters. The molecule has 0 atom stereocenters. The monoisotopic (exact) mass is 268 g/mol. The summed E-state index contributed by atoms with van der Waals surface area (Å²) < 4.78 is 0. The number of carbonyl (C=O) groups excluding carboxylic acids is 1. The lowest BCUT2D eigenvalue weighted by atomic mass is 10.0. The fourth-order valence-electron chi connectivity index (χ4n) is 2.08. The number of carbonyl (C=O) groups is 1. The maximum Gasteiger partial charge on any atom is 0.228 e. The summed E-state index contributed by atoms with van der Waals surface area (Å²) in [6.45, 7) is 6.02. The fraction of sp³-hybridized carbons (Fsp3) is 0.235. The van der Waals surface area contributed by atoms with Crippen LogP contribution in [0.25, 0.3) is 0 Å². The summed E-state index contributed by atoms with van der Waals surface area (Å²) in [5.41, 5.74) is 11.7. The Labute approximate surface area is 119 Å². The van der Waals surface area contributed by atoms with E-state index in [1.807, 2.05) is 37.3 Å². The van der Waals surface area contributed by atoms with Crippen molar-refractivity contribution in [2.45, 2.75) is 27.2 Å². The molecule has 0 aliphatic carbocycles. The molecule has 104 valence electrons. The molecule has 0 saturated heterocycles. The molecule has 3 nitrogen and oxygen atoms in total. The molecule has 1 amide bonds. The van der Waals surface area contributed by atoms with Crippen LogP contribution in [0.1, 0.15) is 22.3 Å². The molecule has 2 rings (SSSR count). The Morgan fingerprint density at radius 3 is 2.55 bits per heavy atom. The van der Waals surface area contributed by atoms with E-state index in [4.69, 9.17) is 5.73 Å². The molecular weight excluding hydrogens is 248 g/mol. The van der Waals surface area contributed by atoms with Crippen LogP contribution < -0.4 is 11.1 Å². The smallest absolute Gasteiger partial charge is 0.228 e. The standard InChI is InChI=1S/C17H20N2O/c1-11-7-8-14(9-12(11)2)10-17(20)19-16-6-4-5-15(18)13(16)3/h4-9H,10,18H2,1-3H3,(H,19,20). The van der Waals surface area contributed by atoms with Gasteiger partial charge >= 0.3 is 0 Å². The first-order chi connectivity index (χ1) is 9.47. The van der Waals surface area contributed by atoms with Gasteiger partial charge in [-0.3, -0.25) is 4.79 Å². The molecule has 3 heteroatoms. The van der Waals surface area contributed by atoms with Crippen LogP contribution in [0.15, 0.2) is 36.4 Å². The highest BCUT2D eigenvalue weighted by Crippen LogP contribution is 2.20. The number of aryl methyl sites for hydroxylation is 2. The summed E-state index contributed by atoms with van der Waals surface area (Å²) in [6.07, 6.45) is 0.370. The average Bonchev–Trinajstić information content (AvgIpc) is 2.39. The molecule has 20 heavy (non-hydrogen) atoms. The van der Waals surface area contributed by atoms with Crippen LogP contribution in [-0.2, 0) is 11.2 Å². The summed E-state index contributed by atoms with van der Waals surface area (Å²) in [6, 6.07) is 11.6. The van der Waals surface area contributed by atoms with Crippen LogP contribution in [-0.4, -0.2) is 5.91 Å². The summed E-state index contributed by atoms with van der Waals surface area (Å²) in [7, 11) is 0. The zero-order chi connectivity index (χ0) is 14.7. The molecule has 0 aliphatic rings. The molecule has 0 heterocycles. The normalized spacial score (nSPS) is 10.3. The maximum atomic E-state index is 12.1. The molecule has 0 aromatic heterocycles. The van der Waals surface area contributed by atoms with Crippen molar-refractivity contribution in [2.75, 3.05) is 11.1 Å². The van der Waals surface area contributed by atoms with Gasteiger partial charge in [0, 0.05) is 11.4 Å². The van der Waals surface area contributed by atoms with Gasteiger partial charge in [0.15, 0.2) is 0 Å². The molecule has 2 aromatic carbocycles. The largest absolute Gasteiger partial charge is 0.398 e. The van der Waals surface area contributed by atoms with Gasteiger partial charge in [-0.2, -0.15) is 0 Å². The third-order valence-corrected chi connectivity index (χ3v) is 3.59. The topological polar surface area (TPSA) is 55.1 Å². The Bertz CT molecular complexity index is 647. The first-order valence-electron chi connectivity index (χ1n) is 6.68. The first-order valence-corrected chi connectivity index (χ1v) is 6.68. The zero-order valence-electron chi connectivity index (χ0n) is 12.2. The quantitative estimate of drug-likeness (QED) is 0.838. The van der Waals surface area contributed by atoms with E-state index in [0.717, 1.165) is 16.8 Å². The van der Waals surface area contributed by atoms with Crippen molar-refractivity contribution < 1.29 is 4.79 Å². The Morgan fingerprint density at radius 1 is 1.10 bits per heavy atom. The highest BCUT2D eigenvalue weighted by Gasteiger charge is 2.07. The zero-order valence-corrected chi connectivity index (χ0v) is 12.2. The molecule has 0 aliphatic heterocycles. The third kappa shape index (κ3) is 3.18. The Morgan fingerprint density at radius 2 is 1.85 bits per heavy atom. The lowest BCUT2D eigenvalue weighted by Gasteiger charge is -2.10. The van der Waals surface area contributed by atoms with Crippen LogP contribution in [0.4, 0.5) is 11.4 Å². The Hall–Kier alpha value is -2.29. The van der Waals surface area contributed by atoms with Gasteiger partial charge < -0.3 is 11.1 Å². The van der Waals surface area contributed by atoms with Crippen molar-refractivity contribution in [1.82, 2.24) is 0 Å². The van der Waals surface area contributed by atoms with Gasteiger partial charge in [-0.05, 0) is 55.2 Å². The van der Waals surface area contributed by atoms with Crippen molar-refractivity contribution in [1.29, 1.82) is 0 Å². The van der Waals surface area contributed by atoms with E-state index in [9.17, 15) is 4.79 Å². The molecule has 2 aromatic rings. The predicted octanol–water partition coefficient (Wildman–Crippen LogP) is 3.38. The SMILES string of the molecule is Cc1ccc(CC(=O)Nc2cccc(N)c2C)cc1C. The highest BCUT2D eigenvalue weighted by molar-refractivity contribution is 5.93. The summed E-state index contributed by atoms with van der Waals surface area (Å²) in [5, 5.41) is 2.91. The molecule has 0 saturated carbocycles. The van der Waals surface area contributed by atoms with E-state index in [1.54, 1.807) is 0 Å². The second-order valence-electron chi connectivity index (χ2n) is 5.16. The van der Waals surface area contributed by atoms with Gasteiger partial charge in [0.05, 0.1) is 6.42 Å². The summed E-state index contributed by atoms with van der Waals surface area (Å²) in [4.78, 5) is 12.1. The molecule has 0 fully saturated rings. The minimum atomic E-state index is -0.0260. The van der Waals surface area contributed by atoms with E-state index in [1.165, 1.54) is 11.1 Å². The van der Waals surface area contributed by atoms with Crippen molar-refractivity contribution in [3.05, 3.63) is 58.7 Å². The number of hydrogen-bond acceptors (Lipinski definition) is 2. The lowest BCUT2D eigenvalue weighted by Crippen LogP contribution is -2.15. The minimum Gasteiger partial charge on any atom is -0.398 e. The number of amides is 1. The Balaban J connectivity index is 2.09. The first kappa shape index (κ1) is 14.1. The summed E-state index contributed by atoms with van der Waals surface area (Å²) >= 11 is 0. The third-order valence-electron chi connectivity index (χ3n) is 3.59. The van der Waals surface area contributed by atoms with E-state index >= 15 is 0 Å². The van der Waals surface area contributed by atoms with Gasteiger partial charge in [0.25, 0.3) is 0 Å². The summed E-state index contributed by atoms with van der Waals surface area (Å²) in [5.74, 6) is -0.0260. The average molecular weight is 268 g/mol. The van der Waals surface area contributed by atoms with Crippen LogP contribution in [0.2, 0.25) is 0 Å². The maximum absolute atomic E-state index is 12.1. The van der Waals surface area contributed by atoms with Crippen LogP contribution in [0.5, 0.6) is 0 Å². The van der Waals surface area contributed by atoms with Crippen molar-refractivity contribution in [2.24, 2.45) is 0 Å². The van der Waals surface area contributed by atoms with Crippen LogP contribution in [0, 0.1) is 20.8 Å². The number of nitrogens with one attached hydrogen (secondary N) is 1. The van der Waals surface area contributed by atoms with Gasteiger partial charge in [0.1, 0.15) is 0 Å². The number of hydrogen-bond donors (Lipinski definition) is 2. The highest BCUT2D eigenvalue weighted by atomic mass is 16.1. The second kappa shape index (κ2) is 5.78. The van der Waals surface area contributed by atoms with Gasteiger partial charge in [-0.1, -0.05) is 24.3 Å². The number of nitrogens with two attached hydrogens (primary N) is 1. The van der Waals surface area contributed by atoms with Gasteiger partial charge in [-0.25, -0.2) is 0 Å². The molecular formula is C17H20N2O. The van der Waals surface area contributed by atoms with E-state index in [2.05, 4.69) is 25.2 Å². The van der Waals surface area contributed by atoms with E-state index in [0.29, 0.717) is 12.1 Å². The van der Waals surface area contributed by atoms with Crippen molar-refractivity contribution in [3.63, 3.8) is 0 Å². The van der Waals surface area contributed by atoms with Crippen LogP contribution >= 0.6 is 0 Å². The van der Waals surface area contributed by atoms with E-state index in [-0.39, 0.29) is 5.91 Å². The number of anilines is 2. The molecule has 0 spiro atoms. The number of nitrogen functional groups attached to an aromatic ring is 1. The number of rotatable bonds is 3. The van der Waals surface area contributed by atoms with Crippen molar-refractivity contribution in [3.8, 4) is 0 Å². The van der Waals surface area contributed by atoms with Gasteiger partial charge in [0.2, 0.25) is 5.91 Å². The molecule has 0 radical (unpaired) electrons. The Kier molecular flexibility index (Phi) is 4.08. The second-order valence-corrected chi connectivity index (χ2v) is 5.16. The fourth-order valence-corrected chi connectivity index (χ4v) is 2.08. The lowest BCUT2D eigenvalue weighted by molar-refractivity contribution is -0.115.